The van der Waals surface area contributed by atoms with E-state index in [-0.39, 0.29) is 16.7 Å². The van der Waals surface area contributed by atoms with Gasteiger partial charge in [0.1, 0.15) is 11.6 Å². The summed E-state index contributed by atoms with van der Waals surface area (Å²) in [5.41, 5.74) is 3.40. The minimum atomic E-state index is -4.63. The zero-order valence-corrected chi connectivity index (χ0v) is 10.4. The van der Waals surface area contributed by atoms with Gasteiger partial charge < -0.3 is 10.8 Å². The Balaban J connectivity index is 2.64. The van der Waals surface area contributed by atoms with Crippen LogP contribution in [-0.4, -0.2) is 11.0 Å². The van der Waals surface area contributed by atoms with E-state index in [9.17, 15) is 27.5 Å². The summed E-state index contributed by atoms with van der Waals surface area (Å²) in [6, 6.07) is 5.08. The van der Waals surface area contributed by atoms with E-state index >= 15 is 0 Å². The van der Waals surface area contributed by atoms with Gasteiger partial charge in [-0.15, -0.1) is 0 Å². The summed E-state index contributed by atoms with van der Waals surface area (Å²) >= 11 is 0. The van der Waals surface area contributed by atoms with Crippen LogP contribution in [0.5, 0.6) is 5.75 Å². The molecule has 0 spiro atoms. The molecule has 110 valence electrons. The Morgan fingerprint density at radius 1 is 1.10 bits per heavy atom. The topological polar surface area (TPSA) is 63.3 Å². The van der Waals surface area contributed by atoms with Gasteiger partial charge in [0.15, 0.2) is 0 Å². The highest BCUT2D eigenvalue weighted by atomic mass is 19.4. The van der Waals surface area contributed by atoms with E-state index in [0.29, 0.717) is 18.2 Å². The van der Waals surface area contributed by atoms with Crippen LogP contribution in [0.1, 0.15) is 15.9 Å². The van der Waals surface area contributed by atoms with E-state index in [1.54, 1.807) is 0 Å². The molecule has 0 bridgehead atoms. The minimum absolute atomic E-state index is 0.0765. The lowest BCUT2D eigenvalue weighted by molar-refractivity contribution is -0.137. The second-order valence-electron chi connectivity index (χ2n) is 4.33. The predicted octanol–water partition coefficient (Wildman–Crippen LogP) is 3.32. The van der Waals surface area contributed by atoms with Crippen molar-refractivity contribution in [2.24, 2.45) is 5.73 Å². The van der Waals surface area contributed by atoms with Crippen LogP contribution in [-0.2, 0) is 6.18 Å². The van der Waals surface area contributed by atoms with Gasteiger partial charge in [-0.05, 0) is 42.0 Å². The van der Waals surface area contributed by atoms with E-state index < -0.39 is 29.2 Å². The number of rotatable bonds is 2. The molecule has 2 rings (SSSR count). The summed E-state index contributed by atoms with van der Waals surface area (Å²) in [6.45, 7) is 0. The van der Waals surface area contributed by atoms with Crippen molar-refractivity contribution in [2.45, 2.75) is 6.18 Å². The smallest absolute Gasteiger partial charge is 0.416 e. The summed E-state index contributed by atoms with van der Waals surface area (Å²) in [5.74, 6) is -2.21. The van der Waals surface area contributed by atoms with Crippen molar-refractivity contribution in [3.63, 3.8) is 0 Å². The number of carbonyl (C=O) groups excluding carboxylic acids is 1. The van der Waals surface area contributed by atoms with Gasteiger partial charge in [0, 0.05) is 11.1 Å². The van der Waals surface area contributed by atoms with Gasteiger partial charge >= 0.3 is 6.18 Å². The Bertz CT molecular complexity index is 711. The molecule has 0 aliphatic rings. The molecule has 3 N–H and O–H groups in total. The first-order valence-electron chi connectivity index (χ1n) is 5.69. The molecule has 0 heterocycles. The fourth-order valence-corrected chi connectivity index (χ4v) is 1.83. The number of aromatic hydroxyl groups is 1. The Morgan fingerprint density at radius 2 is 1.76 bits per heavy atom. The number of carbonyl (C=O) groups is 1. The lowest BCUT2D eigenvalue weighted by Crippen LogP contribution is -2.11. The van der Waals surface area contributed by atoms with Gasteiger partial charge in [0.25, 0.3) is 0 Å². The van der Waals surface area contributed by atoms with Crippen molar-refractivity contribution in [1.82, 2.24) is 0 Å². The van der Waals surface area contributed by atoms with E-state index in [1.165, 1.54) is 0 Å². The third-order valence-electron chi connectivity index (χ3n) is 2.81. The summed E-state index contributed by atoms with van der Waals surface area (Å²) < 4.78 is 51.7. The molecule has 0 aromatic heterocycles. The number of phenolic OH excluding ortho intramolecular Hbond substituents is 1. The molecule has 1 amide bonds. The average molecular weight is 299 g/mol. The molecule has 0 fully saturated rings. The monoisotopic (exact) mass is 299 g/mol. The number of hydrogen-bond acceptors (Lipinski definition) is 2. The maximum atomic E-state index is 13.7. The molecule has 0 saturated heterocycles. The van der Waals surface area contributed by atoms with Crippen LogP contribution in [0.4, 0.5) is 17.6 Å². The lowest BCUT2D eigenvalue weighted by Gasteiger charge is -2.11. The number of phenols is 1. The number of primary amides is 1. The third-order valence-corrected chi connectivity index (χ3v) is 2.81. The van der Waals surface area contributed by atoms with Crippen molar-refractivity contribution in [3.8, 4) is 16.9 Å². The molecule has 2 aromatic rings. The average Bonchev–Trinajstić information content (AvgIpc) is 2.37. The van der Waals surface area contributed by atoms with Crippen LogP contribution in [0.3, 0.4) is 0 Å². The molecule has 0 aliphatic heterocycles. The van der Waals surface area contributed by atoms with E-state index in [2.05, 4.69) is 0 Å². The SMILES string of the molecule is NC(=O)c1cc(O)cc(-c2cc(C(F)(F)F)ccc2F)c1. The second kappa shape index (κ2) is 5.08. The quantitative estimate of drug-likeness (QED) is 0.836. The van der Waals surface area contributed by atoms with Crippen molar-refractivity contribution in [2.75, 3.05) is 0 Å². The van der Waals surface area contributed by atoms with Gasteiger partial charge in [-0.25, -0.2) is 4.39 Å². The van der Waals surface area contributed by atoms with Gasteiger partial charge in [0.2, 0.25) is 5.91 Å². The van der Waals surface area contributed by atoms with Gasteiger partial charge in [-0.3, -0.25) is 4.79 Å². The number of hydrogen-bond donors (Lipinski definition) is 2. The van der Waals surface area contributed by atoms with Crippen LogP contribution >= 0.6 is 0 Å². The van der Waals surface area contributed by atoms with E-state index in [4.69, 9.17) is 5.73 Å². The summed E-state index contributed by atoms with van der Waals surface area (Å²) in [7, 11) is 0. The lowest BCUT2D eigenvalue weighted by atomic mass is 9.99. The highest BCUT2D eigenvalue weighted by Gasteiger charge is 2.31. The second-order valence-corrected chi connectivity index (χ2v) is 4.33. The van der Waals surface area contributed by atoms with Crippen molar-refractivity contribution < 1.29 is 27.5 Å². The number of alkyl halides is 3. The first kappa shape index (κ1) is 14.8. The molecule has 0 unspecified atom stereocenters. The van der Waals surface area contributed by atoms with Crippen molar-refractivity contribution in [1.29, 1.82) is 0 Å². The zero-order valence-electron chi connectivity index (χ0n) is 10.4. The van der Waals surface area contributed by atoms with E-state index in [0.717, 1.165) is 18.2 Å². The normalized spacial score (nSPS) is 11.4. The Kier molecular flexibility index (Phi) is 3.59. The Hall–Kier alpha value is -2.57. The number of benzene rings is 2. The number of nitrogens with two attached hydrogens (primary N) is 1. The Labute approximate surface area is 116 Å². The fourth-order valence-electron chi connectivity index (χ4n) is 1.83. The molecule has 21 heavy (non-hydrogen) atoms. The number of halogens is 4. The van der Waals surface area contributed by atoms with E-state index in [1.807, 2.05) is 0 Å². The van der Waals surface area contributed by atoms with Crippen LogP contribution in [0.2, 0.25) is 0 Å². The number of amides is 1. The van der Waals surface area contributed by atoms with Gasteiger partial charge in [-0.1, -0.05) is 0 Å². The van der Waals surface area contributed by atoms with Crippen molar-refractivity contribution >= 4 is 5.91 Å². The summed E-state index contributed by atoms with van der Waals surface area (Å²) in [6.07, 6.45) is -4.63. The zero-order chi connectivity index (χ0) is 15.8. The van der Waals surface area contributed by atoms with Crippen LogP contribution in [0.25, 0.3) is 11.1 Å². The minimum Gasteiger partial charge on any atom is -0.508 e. The summed E-state index contributed by atoms with van der Waals surface area (Å²) in [5, 5.41) is 9.47. The van der Waals surface area contributed by atoms with Crippen LogP contribution < -0.4 is 5.73 Å². The highest BCUT2D eigenvalue weighted by Crippen LogP contribution is 2.34. The summed E-state index contributed by atoms with van der Waals surface area (Å²) in [4.78, 5) is 11.1. The molecule has 3 nitrogen and oxygen atoms in total. The maximum absolute atomic E-state index is 13.7. The van der Waals surface area contributed by atoms with Crippen LogP contribution in [0, 0.1) is 5.82 Å². The first-order chi connectivity index (χ1) is 9.68. The third kappa shape index (κ3) is 3.13. The molecular weight excluding hydrogens is 290 g/mol. The fraction of sp³-hybridized carbons (Fsp3) is 0.0714. The molecular formula is C14H9F4NO2. The standard InChI is InChI=1S/C14H9F4NO2/c15-12-2-1-9(14(16,17)18)6-11(12)7-3-8(13(19)21)5-10(20)4-7/h1-6,20H,(H2,19,21). The van der Waals surface area contributed by atoms with Gasteiger partial charge in [-0.2, -0.15) is 13.2 Å². The molecule has 2 aromatic carbocycles. The maximum Gasteiger partial charge on any atom is 0.416 e. The molecule has 0 saturated carbocycles. The van der Waals surface area contributed by atoms with Crippen LogP contribution in [0.15, 0.2) is 36.4 Å². The largest absolute Gasteiger partial charge is 0.508 e. The molecule has 0 atom stereocenters. The molecule has 0 radical (unpaired) electrons. The highest BCUT2D eigenvalue weighted by molar-refractivity contribution is 5.94. The predicted molar refractivity (Wildman–Crippen MR) is 67.0 cm³/mol. The first-order valence-corrected chi connectivity index (χ1v) is 5.69. The van der Waals surface area contributed by atoms with Crippen molar-refractivity contribution in [3.05, 3.63) is 53.3 Å². The van der Waals surface area contributed by atoms with Gasteiger partial charge in [0.05, 0.1) is 5.56 Å². The molecule has 7 heteroatoms. The molecule has 0 aliphatic carbocycles. The Morgan fingerprint density at radius 3 is 2.33 bits per heavy atom.